The van der Waals surface area contributed by atoms with Crippen molar-refractivity contribution in [1.82, 2.24) is 0 Å². The van der Waals surface area contributed by atoms with Crippen LogP contribution in [0.4, 0.5) is 0 Å². The quantitative estimate of drug-likeness (QED) is 0.653. The van der Waals surface area contributed by atoms with Crippen LogP contribution in [0, 0.1) is 11.3 Å². The molecule has 0 saturated heterocycles. The first-order valence-electron chi connectivity index (χ1n) is 6.20. The van der Waals surface area contributed by atoms with Crippen LogP contribution < -0.4 is 0 Å². The maximum atomic E-state index is 11.3. The molecule has 1 nitrogen and oxygen atoms in total. The molecule has 0 amide bonds. The molecule has 2 saturated carbocycles. The summed E-state index contributed by atoms with van der Waals surface area (Å²) in [6, 6.07) is 0. The summed E-state index contributed by atoms with van der Waals surface area (Å²) in [7, 11) is 0. The number of carbonyl (C=O) groups excluding carboxylic acids is 1. The third-order valence-electron chi connectivity index (χ3n) is 3.44. The Morgan fingerprint density at radius 3 is 2.62 bits per heavy atom. The lowest BCUT2D eigenvalue weighted by Gasteiger charge is -2.12. The van der Waals surface area contributed by atoms with Crippen molar-refractivity contribution >= 4 is 5.78 Å². The van der Waals surface area contributed by atoms with Gasteiger partial charge in [0.15, 0.2) is 0 Å². The van der Waals surface area contributed by atoms with E-state index < -0.39 is 0 Å². The van der Waals surface area contributed by atoms with Crippen LogP contribution in [0.25, 0.3) is 0 Å². The fourth-order valence-electron chi connectivity index (χ4n) is 2.71. The van der Waals surface area contributed by atoms with Crippen molar-refractivity contribution in [2.75, 3.05) is 0 Å². The average molecular weight is 218 g/mol. The predicted octanol–water partition coefficient (Wildman–Crippen LogP) is 4.07. The molecule has 0 aromatic heterocycles. The molecule has 0 aromatic rings. The molecule has 16 heavy (non-hydrogen) atoms. The Balaban J connectivity index is 0.000000606. The highest BCUT2D eigenvalue weighted by atomic mass is 16.1. The van der Waals surface area contributed by atoms with Gasteiger partial charge in [0.1, 0.15) is 5.78 Å². The van der Waals surface area contributed by atoms with E-state index in [0.29, 0.717) is 11.7 Å². The first-order valence-corrected chi connectivity index (χ1v) is 6.20. The maximum absolute atomic E-state index is 11.3. The third-order valence-corrected chi connectivity index (χ3v) is 3.44. The lowest BCUT2D eigenvalue weighted by molar-refractivity contribution is -0.118. The van der Waals surface area contributed by atoms with Gasteiger partial charge in [-0.05, 0) is 24.8 Å². The largest absolute Gasteiger partial charge is 0.300 e. The van der Waals surface area contributed by atoms with Crippen LogP contribution in [0.15, 0.2) is 36.5 Å². The van der Waals surface area contributed by atoms with Crippen LogP contribution >= 0.6 is 0 Å². The highest BCUT2D eigenvalue weighted by Crippen LogP contribution is 2.66. The second-order valence-electron chi connectivity index (χ2n) is 4.33. The minimum atomic E-state index is 0.206. The van der Waals surface area contributed by atoms with Crippen LogP contribution in [0.2, 0.25) is 0 Å². The second kappa shape index (κ2) is 5.29. The summed E-state index contributed by atoms with van der Waals surface area (Å²) in [5.41, 5.74) is 1.50. The topological polar surface area (TPSA) is 17.1 Å². The summed E-state index contributed by atoms with van der Waals surface area (Å²) < 4.78 is 0. The zero-order valence-electron chi connectivity index (χ0n) is 10.6. The van der Waals surface area contributed by atoms with Gasteiger partial charge in [-0.3, -0.25) is 4.79 Å². The zero-order valence-corrected chi connectivity index (χ0v) is 10.6. The van der Waals surface area contributed by atoms with E-state index in [4.69, 9.17) is 0 Å². The Morgan fingerprint density at radius 1 is 1.50 bits per heavy atom. The van der Waals surface area contributed by atoms with Crippen molar-refractivity contribution in [2.24, 2.45) is 11.3 Å². The zero-order chi connectivity index (χ0) is 12.2. The van der Waals surface area contributed by atoms with Crippen LogP contribution in [-0.4, -0.2) is 5.78 Å². The number of hydrogen-bond donors (Lipinski definition) is 0. The van der Waals surface area contributed by atoms with E-state index in [0.717, 1.165) is 12.8 Å². The molecule has 2 aliphatic rings. The van der Waals surface area contributed by atoms with Crippen LogP contribution in [0.3, 0.4) is 0 Å². The first-order chi connectivity index (χ1) is 7.73. The lowest BCUT2D eigenvalue weighted by Crippen LogP contribution is -2.04. The summed E-state index contributed by atoms with van der Waals surface area (Å²) in [5, 5.41) is 0. The van der Waals surface area contributed by atoms with E-state index in [2.05, 4.69) is 18.7 Å². The average Bonchev–Trinajstić information content (AvgIpc) is 2.85. The van der Waals surface area contributed by atoms with Gasteiger partial charge in [0.05, 0.1) is 0 Å². The third kappa shape index (κ3) is 2.18. The molecule has 0 heterocycles. The van der Waals surface area contributed by atoms with Crippen molar-refractivity contribution in [3.63, 3.8) is 0 Å². The van der Waals surface area contributed by atoms with Crippen molar-refractivity contribution in [3.8, 4) is 0 Å². The molecule has 2 aliphatic carbocycles. The summed E-state index contributed by atoms with van der Waals surface area (Å²) >= 11 is 0. The summed E-state index contributed by atoms with van der Waals surface area (Å²) in [6.07, 6.45) is 10.8. The van der Waals surface area contributed by atoms with Gasteiger partial charge in [-0.2, -0.15) is 0 Å². The first kappa shape index (κ1) is 13.0. The molecule has 0 bridgehead atoms. The summed E-state index contributed by atoms with van der Waals surface area (Å²) in [4.78, 5) is 11.3. The normalized spacial score (nSPS) is 32.1. The predicted molar refractivity (Wildman–Crippen MR) is 69.2 cm³/mol. The van der Waals surface area contributed by atoms with Gasteiger partial charge < -0.3 is 0 Å². The highest BCUT2D eigenvalue weighted by Gasteiger charge is 2.61. The van der Waals surface area contributed by atoms with Gasteiger partial charge in [0.2, 0.25) is 0 Å². The van der Waals surface area contributed by atoms with Gasteiger partial charge in [-0.1, -0.05) is 44.7 Å². The van der Waals surface area contributed by atoms with E-state index in [-0.39, 0.29) is 5.41 Å². The standard InChI is InChI=1S/C13H16O.C2H6/c1-3-5-10(6-4-2)13-8-11(13)7-12(14)9-13;1-2/h3-6,11H,1,7-9H2,2H3;1-2H3/b6-4-,10-5+;. The van der Waals surface area contributed by atoms with E-state index in [9.17, 15) is 4.79 Å². The lowest BCUT2D eigenvalue weighted by atomic mass is 9.92. The van der Waals surface area contributed by atoms with E-state index >= 15 is 0 Å². The van der Waals surface area contributed by atoms with E-state index in [1.165, 1.54) is 12.0 Å². The molecular formula is C15H22O. The number of fused-ring (bicyclic) bond motifs is 1. The van der Waals surface area contributed by atoms with Crippen LogP contribution in [-0.2, 0) is 4.79 Å². The Kier molecular flexibility index (Phi) is 4.28. The molecule has 0 radical (unpaired) electrons. The number of hydrogen-bond acceptors (Lipinski definition) is 1. The molecule has 0 aromatic carbocycles. The summed E-state index contributed by atoms with van der Waals surface area (Å²) in [6.45, 7) is 9.74. The minimum Gasteiger partial charge on any atom is -0.300 e. The number of rotatable bonds is 3. The number of carbonyl (C=O) groups is 1. The van der Waals surface area contributed by atoms with Gasteiger partial charge in [0, 0.05) is 18.3 Å². The van der Waals surface area contributed by atoms with Gasteiger partial charge in [0.25, 0.3) is 0 Å². The highest BCUT2D eigenvalue weighted by molar-refractivity contribution is 5.85. The van der Waals surface area contributed by atoms with Crippen LogP contribution in [0.5, 0.6) is 0 Å². The van der Waals surface area contributed by atoms with Gasteiger partial charge in [-0.25, -0.2) is 0 Å². The molecule has 0 N–H and O–H groups in total. The summed E-state index contributed by atoms with van der Waals surface area (Å²) in [5.74, 6) is 1.05. The molecule has 88 valence electrons. The monoisotopic (exact) mass is 218 g/mol. The fraction of sp³-hybridized carbons (Fsp3) is 0.533. The Morgan fingerprint density at radius 2 is 2.19 bits per heavy atom. The maximum Gasteiger partial charge on any atom is 0.134 e. The number of allylic oxidation sites excluding steroid dienone is 5. The van der Waals surface area contributed by atoms with Crippen molar-refractivity contribution in [1.29, 1.82) is 0 Å². The Bertz CT molecular complexity index is 335. The van der Waals surface area contributed by atoms with Crippen molar-refractivity contribution in [3.05, 3.63) is 36.5 Å². The molecule has 1 heteroatoms. The number of ketones is 1. The Labute approximate surface area is 98.9 Å². The molecule has 2 atom stereocenters. The van der Waals surface area contributed by atoms with Gasteiger partial charge >= 0.3 is 0 Å². The Hall–Kier alpha value is -1.11. The number of Topliss-reactive ketones (excluding diaryl/α,β-unsaturated/α-hetero) is 1. The molecule has 0 spiro atoms. The van der Waals surface area contributed by atoms with E-state index in [1.54, 1.807) is 0 Å². The SMILES string of the molecule is C=C/C=C(\C=C/C)C12CC(=O)CC1C2.CC. The molecule has 2 unspecified atom stereocenters. The molecule has 0 aliphatic heterocycles. The van der Waals surface area contributed by atoms with Crippen molar-refractivity contribution < 1.29 is 4.79 Å². The fourth-order valence-corrected chi connectivity index (χ4v) is 2.71. The van der Waals surface area contributed by atoms with Crippen LogP contribution in [0.1, 0.15) is 40.0 Å². The van der Waals surface area contributed by atoms with E-state index in [1.807, 2.05) is 32.9 Å². The second-order valence-corrected chi connectivity index (χ2v) is 4.33. The van der Waals surface area contributed by atoms with Crippen molar-refractivity contribution in [2.45, 2.75) is 40.0 Å². The molecule has 2 fully saturated rings. The van der Waals surface area contributed by atoms with Gasteiger partial charge in [-0.15, -0.1) is 0 Å². The minimum absolute atomic E-state index is 0.206. The molecule has 2 rings (SSSR count). The smallest absolute Gasteiger partial charge is 0.134 e. The molecular weight excluding hydrogens is 196 g/mol.